The number of carbonyl (C=O) groups excluding carboxylic acids is 3. The van der Waals surface area contributed by atoms with Gasteiger partial charge in [0.05, 0.1) is 40.3 Å². The number of nitrogens with zero attached hydrogens (tertiary/aromatic N) is 7. The van der Waals surface area contributed by atoms with Crippen LogP contribution in [0.5, 0.6) is 17.2 Å². The van der Waals surface area contributed by atoms with E-state index >= 15 is 0 Å². The standard InChI is InChI=1S/C50H50N8O9.C2H6/c1-5-31-33-20-30(59)8-9-38(33)52-43-36(31)24-57-40(43)22-34-37(48(57)63)25-66-49(64)44(34)67-50(65)56-16-12-27(13-17-56)11-15-55-18-14-28-19-29(7-10-39(28)55)58-45(53-54-46(58)47(62)51-6-2)35-21-32(26(3)4)41(60)23-42(35)61;1-2/h7-10,14,18-23,26-27,44,59-61H,5-6,11-13,15-17,24-25H2,1-4H3,(H,51,62);1-2H3. The minimum atomic E-state index is -1.41. The molecule has 0 bridgehead atoms. The number of rotatable bonds is 10. The van der Waals surface area contributed by atoms with Crippen LogP contribution in [-0.4, -0.2) is 86.7 Å². The number of amides is 2. The number of hydrogen-bond acceptors (Lipinski definition) is 12. The van der Waals surface area contributed by atoms with Crippen LogP contribution in [-0.2, 0) is 40.4 Å². The normalized spacial score (nSPS) is 15.4. The van der Waals surface area contributed by atoms with Crippen LogP contribution in [0, 0.1) is 5.92 Å². The largest absolute Gasteiger partial charge is 0.508 e. The number of piperidine rings is 1. The van der Waals surface area contributed by atoms with Crippen molar-refractivity contribution in [2.45, 2.75) is 98.9 Å². The molecule has 1 saturated heterocycles. The Kier molecular flexibility index (Phi) is 12.6. The van der Waals surface area contributed by atoms with Gasteiger partial charge in [0, 0.05) is 65.9 Å². The predicted octanol–water partition coefficient (Wildman–Crippen LogP) is 8.24. The number of benzene rings is 3. The SMILES string of the molecule is CC.CCNC(=O)c1nnc(-c2cc(C(C)C)c(O)cc2O)n1-c1ccc2c(ccn2CCC2CCN(C(=O)OC3C(=O)OCc4c3cc3n(c4=O)Cc4c-3nc3ccc(O)cc3c4CC)CC2)c1. The van der Waals surface area contributed by atoms with Crippen molar-refractivity contribution in [2.24, 2.45) is 5.92 Å². The number of phenols is 3. The number of nitrogens with one attached hydrogen (secondary N) is 1. The van der Waals surface area contributed by atoms with E-state index in [9.17, 15) is 34.5 Å². The Morgan fingerprint density at radius 2 is 1.71 bits per heavy atom. The highest BCUT2D eigenvalue weighted by atomic mass is 16.6. The molecule has 1 unspecified atom stereocenters. The third kappa shape index (κ3) is 8.29. The lowest BCUT2D eigenvalue weighted by Gasteiger charge is -2.33. The van der Waals surface area contributed by atoms with E-state index in [4.69, 9.17) is 14.5 Å². The number of esters is 1. The van der Waals surface area contributed by atoms with E-state index in [1.807, 2.05) is 72.0 Å². The van der Waals surface area contributed by atoms with Gasteiger partial charge in [0.2, 0.25) is 11.9 Å². The Labute approximate surface area is 398 Å². The van der Waals surface area contributed by atoms with Crippen molar-refractivity contribution in [1.29, 1.82) is 0 Å². The Morgan fingerprint density at radius 1 is 0.928 bits per heavy atom. The van der Waals surface area contributed by atoms with Gasteiger partial charge >= 0.3 is 12.1 Å². The van der Waals surface area contributed by atoms with Gasteiger partial charge < -0.3 is 44.1 Å². The fourth-order valence-corrected chi connectivity index (χ4v) is 9.95. The summed E-state index contributed by atoms with van der Waals surface area (Å²) in [5, 5.41) is 44.8. The van der Waals surface area contributed by atoms with Crippen LogP contribution in [0.3, 0.4) is 0 Å². The average Bonchev–Trinajstić information content (AvgIpc) is 4.07. The van der Waals surface area contributed by atoms with E-state index in [0.717, 1.165) is 53.2 Å². The third-order valence-electron chi connectivity index (χ3n) is 13.5. The van der Waals surface area contributed by atoms with Gasteiger partial charge in [0.25, 0.3) is 11.5 Å². The number of ether oxygens (including phenoxy) is 2. The number of aromatic hydroxyl groups is 3. The van der Waals surface area contributed by atoms with Crippen molar-refractivity contribution in [3.63, 3.8) is 0 Å². The van der Waals surface area contributed by atoms with Crippen LogP contribution < -0.4 is 10.9 Å². The first-order valence-electron chi connectivity index (χ1n) is 23.8. The summed E-state index contributed by atoms with van der Waals surface area (Å²) in [4.78, 5) is 60.6. The molecule has 7 aromatic rings. The number of hydrogen-bond donors (Lipinski definition) is 4. The van der Waals surface area contributed by atoms with E-state index in [2.05, 4.69) is 20.1 Å². The lowest BCUT2D eigenvalue weighted by molar-refractivity contribution is -0.158. The molecule has 0 radical (unpaired) electrons. The first-order chi connectivity index (χ1) is 33.3. The van der Waals surface area contributed by atoms with Crippen LogP contribution in [0.15, 0.2) is 71.7 Å². The van der Waals surface area contributed by atoms with Crippen LogP contribution in [0.4, 0.5) is 4.79 Å². The summed E-state index contributed by atoms with van der Waals surface area (Å²) in [6, 6.07) is 17.5. The zero-order valence-electron chi connectivity index (χ0n) is 39.6. The van der Waals surface area contributed by atoms with Crippen molar-refractivity contribution in [1.82, 2.24) is 39.1 Å². The number of pyridine rings is 2. The second kappa shape index (κ2) is 18.8. The molecule has 1 atom stereocenters. The number of carbonyl (C=O) groups is 3. The number of fused-ring (bicyclic) bond motifs is 6. The molecule has 4 N–H and O–H groups in total. The fourth-order valence-electron chi connectivity index (χ4n) is 9.95. The summed E-state index contributed by atoms with van der Waals surface area (Å²) >= 11 is 0. The quantitative estimate of drug-likeness (QED) is 0.0954. The average molecular weight is 937 g/mol. The van der Waals surface area contributed by atoms with Crippen molar-refractivity contribution in [3.05, 3.63) is 111 Å². The molecule has 3 aliphatic rings. The molecule has 17 nitrogen and oxygen atoms in total. The van der Waals surface area contributed by atoms with E-state index in [1.54, 1.807) is 44.4 Å². The second-order valence-electron chi connectivity index (χ2n) is 17.8. The minimum absolute atomic E-state index is 0.0334. The summed E-state index contributed by atoms with van der Waals surface area (Å²) in [5.41, 5.74) is 6.50. The Balaban J connectivity index is 0.00000293. The van der Waals surface area contributed by atoms with Crippen molar-refractivity contribution >= 4 is 39.8 Å². The molecule has 2 amide bonds. The molecule has 0 spiro atoms. The summed E-state index contributed by atoms with van der Waals surface area (Å²) in [5.74, 6) is -0.671. The number of phenolic OH excluding ortho intramolecular Hbond substituents is 3. The molecule has 0 saturated carbocycles. The van der Waals surface area contributed by atoms with E-state index < -0.39 is 24.1 Å². The maximum Gasteiger partial charge on any atom is 0.410 e. The highest BCUT2D eigenvalue weighted by Crippen LogP contribution is 2.41. The summed E-state index contributed by atoms with van der Waals surface area (Å²) in [6.07, 6.45) is 2.94. The second-order valence-corrected chi connectivity index (χ2v) is 17.8. The van der Waals surface area contributed by atoms with Crippen LogP contribution in [0.25, 0.3) is 50.3 Å². The highest BCUT2D eigenvalue weighted by Gasteiger charge is 2.39. The van der Waals surface area contributed by atoms with Crippen molar-refractivity contribution < 1.29 is 39.2 Å². The topological polar surface area (TPSA) is 216 Å². The van der Waals surface area contributed by atoms with Gasteiger partial charge in [-0.1, -0.05) is 34.6 Å². The summed E-state index contributed by atoms with van der Waals surface area (Å²) < 4.78 is 16.7. The van der Waals surface area contributed by atoms with Gasteiger partial charge in [0.1, 0.15) is 23.9 Å². The van der Waals surface area contributed by atoms with Gasteiger partial charge in [-0.3, -0.25) is 14.2 Å². The molecule has 17 heteroatoms. The van der Waals surface area contributed by atoms with Crippen molar-refractivity contribution in [3.8, 4) is 45.7 Å². The minimum Gasteiger partial charge on any atom is -0.508 e. The number of likely N-dealkylation sites (tertiary alicyclic amines) is 1. The highest BCUT2D eigenvalue weighted by molar-refractivity contribution is 5.93. The van der Waals surface area contributed by atoms with Gasteiger partial charge in [-0.15, -0.1) is 10.2 Å². The number of aromatic nitrogens is 6. The first-order valence-corrected chi connectivity index (χ1v) is 23.8. The summed E-state index contributed by atoms with van der Waals surface area (Å²) in [7, 11) is 0. The van der Waals surface area contributed by atoms with Gasteiger partial charge in [0.15, 0.2) is 5.82 Å². The lowest BCUT2D eigenvalue weighted by atomic mass is 9.93. The van der Waals surface area contributed by atoms with Gasteiger partial charge in [-0.2, -0.15) is 0 Å². The molecule has 10 rings (SSSR count). The smallest absolute Gasteiger partial charge is 0.410 e. The Morgan fingerprint density at radius 3 is 2.45 bits per heavy atom. The summed E-state index contributed by atoms with van der Waals surface area (Å²) in [6.45, 7) is 13.7. The molecule has 3 aromatic carbocycles. The molecule has 7 heterocycles. The molecule has 1 fully saturated rings. The molecular weight excluding hydrogens is 881 g/mol. The van der Waals surface area contributed by atoms with E-state index in [1.165, 1.54) is 6.07 Å². The maximum absolute atomic E-state index is 14.0. The first kappa shape index (κ1) is 46.4. The number of cyclic esters (lactones) is 1. The van der Waals surface area contributed by atoms with Crippen LogP contribution in [0.1, 0.15) is 111 Å². The Hall–Kier alpha value is -7.69. The molecule has 4 aromatic heterocycles. The van der Waals surface area contributed by atoms with Gasteiger partial charge in [-0.25, -0.2) is 14.6 Å². The zero-order valence-corrected chi connectivity index (χ0v) is 39.6. The molecule has 69 heavy (non-hydrogen) atoms. The van der Waals surface area contributed by atoms with E-state index in [-0.39, 0.29) is 59.1 Å². The molecular formula is C52H56N8O9. The van der Waals surface area contributed by atoms with E-state index in [0.29, 0.717) is 71.3 Å². The van der Waals surface area contributed by atoms with Crippen LogP contribution in [0.2, 0.25) is 0 Å². The number of aryl methyl sites for hydroxylation is 2. The molecule has 3 aliphatic heterocycles. The fraction of sp³-hybridized carbons (Fsp3) is 0.365. The Bertz CT molecular complexity index is 3230. The molecule has 358 valence electrons. The van der Waals surface area contributed by atoms with Crippen molar-refractivity contribution in [2.75, 3.05) is 19.6 Å². The zero-order chi connectivity index (χ0) is 48.8. The maximum atomic E-state index is 14.0. The predicted molar refractivity (Wildman–Crippen MR) is 259 cm³/mol. The third-order valence-corrected chi connectivity index (χ3v) is 13.5. The monoisotopic (exact) mass is 936 g/mol. The molecule has 0 aliphatic carbocycles. The lowest BCUT2D eigenvalue weighted by Crippen LogP contribution is -2.41. The van der Waals surface area contributed by atoms with Crippen LogP contribution >= 0.6 is 0 Å². The van der Waals surface area contributed by atoms with Gasteiger partial charge in [-0.05, 0) is 110 Å².